The first-order valence-corrected chi connectivity index (χ1v) is 3.93. The molecule has 4 nitrogen and oxygen atoms in total. The lowest BCUT2D eigenvalue weighted by Crippen LogP contribution is -2.03. The quantitative estimate of drug-likeness (QED) is 0.633. The second-order valence-electron chi connectivity index (χ2n) is 2.99. The summed E-state index contributed by atoms with van der Waals surface area (Å²) in [4.78, 5) is 8.31. The molecule has 2 aromatic heterocycles. The van der Waals surface area contributed by atoms with Crippen molar-refractivity contribution in [2.45, 2.75) is 19.8 Å². The van der Waals surface area contributed by atoms with Crippen molar-refractivity contribution < 1.29 is 0 Å². The summed E-state index contributed by atoms with van der Waals surface area (Å²) >= 11 is 0. The Bertz CT molecular complexity index is 391. The van der Waals surface area contributed by atoms with Crippen LogP contribution in [-0.2, 0) is 0 Å². The van der Waals surface area contributed by atoms with Gasteiger partial charge in [0.15, 0.2) is 5.65 Å². The van der Waals surface area contributed by atoms with Crippen LogP contribution in [0.25, 0.3) is 5.65 Å². The second kappa shape index (κ2) is 2.55. The van der Waals surface area contributed by atoms with Crippen LogP contribution in [0.3, 0.4) is 0 Å². The molecule has 0 aliphatic heterocycles. The lowest BCUT2D eigenvalue weighted by Gasteiger charge is -2.04. The van der Waals surface area contributed by atoms with Crippen LogP contribution in [0.4, 0.5) is 0 Å². The summed E-state index contributed by atoms with van der Waals surface area (Å²) in [5.74, 6) is 1.32. The van der Waals surface area contributed by atoms with Gasteiger partial charge in [-0.05, 0) is 0 Å². The summed E-state index contributed by atoms with van der Waals surface area (Å²) in [5.41, 5.74) is 0.855. The van der Waals surface area contributed by atoms with E-state index in [4.69, 9.17) is 0 Å². The molecule has 0 atom stereocenters. The van der Waals surface area contributed by atoms with Gasteiger partial charge in [-0.2, -0.15) is 9.61 Å². The monoisotopic (exact) mass is 162 g/mol. The summed E-state index contributed by atoms with van der Waals surface area (Å²) in [7, 11) is 0. The molecule has 0 fully saturated rings. The van der Waals surface area contributed by atoms with Gasteiger partial charge in [0.2, 0.25) is 0 Å². The minimum absolute atomic E-state index is 0.371. The summed E-state index contributed by atoms with van der Waals surface area (Å²) in [5, 5.41) is 4.08. The fourth-order valence-corrected chi connectivity index (χ4v) is 1.17. The van der Waals surface area contributed by atoms with E-state index >= 15 is 0 Å². The van der Waals surface area contributed by atoms with E-state index in [1.807, 2.05) is 6.07 Å². The van der Waals surface area contributed by atoms with Gasteiger partial charge in [-0.1, -0.05) is 13.8 Å². The fraction of sp³-hybridized carbons (Fsp3) is 0.375. The first-order valence-electron chi connectivity index (χ1n) is 3.93. The van der Waals surface area contributed by atoms with Crippen molar-refractivity contribution in [3.63, 3.8) is 0 Å². The van der Waals surface area contributed by atoms with Gasteiger partial charge in [-0.25, -0.2) is 9.97 Å². The van der Waals surface area contributed by atoms with Crippen molar-refractivity contribution in [3.8, 4) is 0 Å². The van der Waals surface area contributed by atoms with E-state index in [9.17, 15) is 0 Å². The van der Waals surface area contributed by atoms with Crippen LogP contribution in [0.5, 0.6) is 0 Å². The zero-order chi connectivity index (χ0) is 8.55. The number of aromatic nitrogens is 4. The molecule has 0 aliphatic carbocycles. The minimum atomic E-state index is 0.371. The van der Waals surface area contributed by atoms with Crippen LogP contribution in [0.2, 0.25) is 0 Å². The smallest absolute Gasteiger partial charge is 0.158 e. The topological polar surface area (TPSA) is 43.1 Å². The zero-order valence-electron chi connectivity index (χ0n) is 7.10. The number of hydrogen-bond donors (Lipinski definition) is 0. The fourth-order valence-electron chi connectivity index (χ4n) is 1.17. The van der Waals surface area contributed by atoms with Crippen molar-refractivity contribution in [1.29, 1.82) is 0 Å². The molecule has 0 aliphatic rings. The van der Waals surface area contributed by atoms with E-state index in [0.29, 0.717) is 5.92 Å². The molecule has 0 saturated heterocycles. The maximum absolute atomic E-state index is 4.24. The highest BCUT2D eigenvalue weighted by Gasteiger charge is 2.06. The third kappa shape index (κ3) is 0.958. The highest BCUT2D eigenvalue weighted by molar-refractivity contribution is 5.35. The molecular formula is C8H10N4. The molecule has 0 bridgehead atoms. The van der Waals surface area contributed by atoms with E-state index in [0.717, 1.165) is 11.5 Å². The van der Waals surface area contributed by atoms with Gasteiger partial charge in [0.1, 0.15) is 12.2 Å². The molecule has 0 radical (unpaired) electrons. The van der Waals surface area contributed by atoms with Crippen molar-refractivity contribution >= 4 is 5.65 Å². The molecule has 12 heavy (non-hydrogen) atoms. The average Bonchev–Trinajstić information content (AvgIpc) is 2.49. The molecular weight excluding hydrogens is 152 g/mol. The van der Waals surface area contributed by atoms with Gasteiger partial charge in [0, 0.05) is 18.2 Å². The Hall–Kier alpha value is -1.45. The molecule has 2 aromatic rings. The number of hydrogen-bond acceptors (Lipinski definition) is 3. The van der Waals surface area contributed by atoms with Crippen LogP contribution in [0.1, 0.15) is 25.6 Å². The van der Waals surface area contributed by atoms with Gasteiger partial charge >= 0.3 is 0 Å². The van der Waals surface area contributed by atoms with Crippen molar-refractivity contribution in [2.75, 3.05) is 0 Å². The van der Waals surface area contributed by atoms with Crippen molar-refractivity contribution in [1.82, 2.24) is 19.6 Å². The van der Waals surface area contributed by atoms with Crippen LogP contribution in [0, 0.1) is 0 Å². The minimum Gasteiger partial charge on any atom is -0.241 e. The van der Waals surface area contributed by atoms with E-state index in [-0.39, 0.29) is 0 Å². The maximum Gasteiger partial charge on any atom is 0.158 e. The summed E-state index contributed by atoms with van der Waals surface area (Å²) in [6.07, 6.45) is 3.31. The third-order valence-electron chi connectivity index (χ3n) is 1.74. The van der Waals surface area contributed by atoms with Crippen LogP contribution in [-0.4, -0.2) is 19.6 Å². The van der Waals surface area contributed by atoms with Crippen LogP contribution in [0.15, 0.2) is 18.6 Å². The Balaban J connectivity index is 2.73. The molecule has 2 rings (SSSR count). The Morgan fingerprint density at radius 1 is 1.33 bits per heavy atom. The van der Waals surface area contributed by atoms with Crippen LogP contribution < -0.4 is 0 Å². The maximum atomic E-state index is 4.24. The molecule has 0 N–H and O–H groups in total. The molecule has 4 heteroatoms. The van der Waals surface area contributed by atoms with Gasteiger partial charge in [0.05, 0.1) is 0 Å². The first-order chi connectivity index (χ1) is 5.79. The predicted molar refractivity (Wildman–Crippen MR) is 44.9 cm³/mol. The first kappa shape index (κ1) is 7.21. The Morgan fingerprint density at radius 2 is 2.17 bits per heavy atom. The second-order valence-corrected chi connectivity index (χ2v) is 2.99. The molecule has 62 valence electrons. The molecule has 0 aromatic carbocycles. The van der Waals surface area contributed by atoms with E-state index < -0.39 is 0 Å². The Kier molecular flexibility index (Phi) is 1.53. The number of nitrogens with zero attached hydrogens (tertiary/aromatic N) is 4. The molecule has 0 spiro atoms. The SMILES string of the molecule is CC(C)c1nccc2ncnn12. The molecule has 2 heterocycles. The number of fused-ring (bicyclic) bond motifs is 1. The number of rotatable bonds is 1. The predicted octanol–water partition coefficient (Wildman–Crippen LogP) is 1.25. The van der Waals surface area contributed by atoms with Gasteiger partial charge in [-0.3, -0.25) is 0 Å². The Labute approximate surface area is 70.3 Å². The van der Waals surface area contributed by atoms with Gasteiger partial charge in [-0.15, -0.1) is 0 Å². The van der Waals surface area contributed by atoms with E-state index in [1.165, 1.54) is 0 Å². The average molecular weight is 162 g/mol. The lowest BCUT2D eigenvalue weighted by molar-refractivity contribution is 0.713. The molecule has 0 saturated carbocycles. The zero-order valence-corrected chi connectivity index (χ0v) is 7.10. The molecule has 0 unspecified atom stereocenters. The standard InChI is InChI=1S/C8H10N4/c1-6(2)8-9-4-3-7-10-5-11-12(7)8/h3-6H,1-2H3. The third-order valence-corrected chi connectivity index (χ3v) is 1.74. The summed E-state index contributed by atoms with van der Waals surface area (Å²) < 4.78 is 1.77. The van der Waals surface area contributed by atoms with Gasteiger partial charge < -0.3 is 0 Å². The largest absolute Gasteiger partial charge is 0.241 e. The van der Waals surface area contributed by atoms with Crippen LogP contribution >= 0.6 is 0 Å². The van der Waals surface area contributed by atoms with E-state index in [2.05, 4.69) is 28.9 Å². The van der Waals surface area contributed by atoms with Crippen molar-refractivity contribution in [3.05, 3.63) is 24.4 Å². The Morgan fingerprint density at radius 3 is 2.92 bits per heavy atom. The molecule has 0 amide bonds. The highest BCUT2D eigenvalue weighted by Crippen LogP contribution is 2.10. The summed E-state index contributed by atoms with van der Waals surface area (Å²) in [6, 6.07) is 1.85. The normalized spacial score (nSPS) is 11.2. The summed E-state index contributed by atoms with van der Waals surface area (Å²) in [6.45, 7) is 4.17. The lowest BCUT2D eigenvalue weighted by atomic mass is 10.2. The van der Waals surface area contributed by atoms with E-state index in [1.54, 1.807) is 17.0 Å². The van der Waals surface area contributed by atoms with Crippen molar-refractivity contribution in [2.24, 2.45) is 0 Å². The highest BCUT2D eigenvalue weighted by atomic mass is 15.3. The van der Waals surface area contributed by atoms with Gasteiger partial charge in [0.25, 0.3) is 0 Å².